The fraction of sp³-hybridized carbons (Fsp3) is 0.404. The molecule has 6 heterocycles. The van der Waals surface area contributed by atoms with Crippen LogP contribution in [-0.2, 0) is 43.3 Å². The second-order valence-electron chi connectivity index (χ2n) is 19.0. The maximum atomic E-state index is 14.3. The lowest BCUT2D eigenvalue weighted by Crippen LogP contribution is -2.52. The standard InChI is InChI=1S/C27H30FN5O6S.C25H28FN5O5S/c1-7-8-21(35)27(4,5)32-23(36)22-15(2)24(33-29-11-12-30-33)40-25(22)31(26(32)37)14-20(39-16(3)34)18-13-17(28)9-10-19(18)38-6;1-6-7-19(33)25(3,4)30-21(34)20-14(2)22(31-27-10-11-28-31)37-23(20)29(24(30)35)13-17(32)16-12-15(26)8-9-18(16)36-5/h9-13,20H,7-8,14H2,1-6H3;8-12,17,32H,6-7,13H2,1-5H3/t20-;17-/m01/s1. The average Bonchev–Trinajstić information content (AvgIpc) is 4.29. The van der Waals surface area contributed by atoms with Crippen LogP contribution in [-0.4, -0.2) is 85.1 Å². The van der Waals surface area contributed by atoms with E-state index < -0.39 is 63.4 Å². The Labute approximate surface area is 446 Å². The van der Waals surface area contributed by atoms with E-state index in [9.17, 15) is 47.4 Å². The minimum absolute atomic E-state index is 0.142. The number of benzene rings is 2. The van der Waals surface area contributed by atoms with Crippen molar-refractivity contribution in [3.63, 3.8) is 0 Å². The van der Waals surface area contributed by atoms with E-state index in [4.69, 9.17) is 14.2 Å². The van der Waals surface area contributed by atoms with E-state index in [-0.39, 0.29) is 80.6 Å². The number of halogens is 2. The number of aliphatic hydroxyl groups excluding tert-OH is 1. The Balaban J connectivity index is 0.000000224. The number of hydrogen-bond donors (Lipinski definition) is 1. The minimum Gasteiger partial charge on any atom is -0.496 e. The number of carbonyl (C=O) groups excluding carboxylic acids is 3. The third kappa shape index (κ3) is 10.8. The Morgan fingerprint density at radius 1 is 0.649 bits per heavy atom. The number of ketones is 2. The molecule has 0 saturated heterocycles. The largest absolute Gasteiger partial charge is 0.496 e. The Bertz CT molecular complexity index is 3780. The normalized spacial score (nSPS) is 12.6. The summed E-state index contributed by atoms with van der Waals surface area (Å²) >= 11 is 2.21. The Morgan fingerprint density at radius 3 is 1.43 bits per heavy atom. The number of aliphatic hydroxyl groups is 1. The molecule has 2 aromatic carbocycles. The van der Waals surface area contributed by atoms with Gasteiger partial charge in [-0.15, -0.1) is 9.59 Å². The molecule has 25 heteroatoms. The summed E-state index contributed by atoms with van der Waals surface area (Å²) < 4.78 is 49.0. The molecule has 0 radical (unpaired) electrons. The fourth-order valence-electron chi connectivity index (χ4n) is 9.07. The maximum absolute atomic E-state index is 14.3. The highest BCUT2D eigenvalue weighted by atomic mass is 32.1. The Morgan fingerprint density at radius 2 is 1.04 bits per heavy atom. The maximum Gasteiger partial charge on any atom is 0.333 e. The first-order valence-electron chi connectivity index (χ1n) is 24.4. The van der Waals surface area contributed by atoms with E-state index in [1.165, 1.54) is 117 Å². The summed E-state index contributed by atoms with van der Waals surface area (Å²) in [6, 6.07) is 7.48. The van der Waals surface area contributed by atoms with Crippen LogP contribution in [0.15, 0.2) is 80.4 Å². The van der Waals surface area contributed by atoms with E-state index in [2.05, 4.69) is 20.4 Å². The SMILES string of the molecule is CCCC(=O)C(C)(C)n1c(=O)c2c(C)c(-n3nccn3)sc2n(C[C@@H](O)c2cc(F)ccc2OC)c1=O.CCCC(=O)C(C)(C)n1c(=O)c2c(C)c(-n3nccn3)sc2n(C[C@H](OC(C)=O)c2cc(F)ccc2OC)c1=O. The molecule has 0 aliphatic rings. The molecule has 8 aromatic rings. The third-order valence-electron chi connectivity index (χ3n) is 13.1. The highest BCUT2D eigenvalue weighted by Crippen LogP contribution is 2.36. The molecule has 0 saturated carbocycles. The van der Waals surface area contributed by atoms with Gasteiger partial charge in [-0.3, -0.25) is 33.1 Å². The lowest BCUT2D eigenvalue weighted by molar-refractivity contribution is -0.147. The van der Waals surface area contributed by atoms with Crippen LogP contribution < -0.4 is 32.0 Å². The molecule has 2 atom stereocenters. The number of aromatic nitrogens is 10. The van der Waals surface area contributed by atoms with E-state index in [1.807, 2.05) is 13.8 Å². The van der Waals surface area contributed by atoms with Gasteiger partial charge in [0.15, 0.2) is 11.6 Å². The van der Waals surface area contributed by atoms with Gasteiger partial charge in [0.1, 0.15) is 66.1 Å². The zero-order valence-electron chi connectivity index (χ0n) is 44.2. The van der Waals surface area contributed by atoms with Crippen LogP contribution in [0.1, 0.15) is 109 Å². The molecule has 0 unspecified atom stereocenters. The van der Waals surface area contributed by atoms with Crippen LogP contribution in [0.4, 0.5) is 8.78 Å². The van der Waals surface area contributed by atoms with Gasteiger partial charge in [0.05, 0.1) is 62.9 Å². The van der Waals surface area contributed by atoms with Gasteiger partial charge in [-0.2, -0.15) is 20.4 Å². The van der Waals surface area contributed by atoms with Gasteiger partial charge in [-0.25, -0.2) is 27.5 Å². The number of esters is 1. The molecule has 0 spiro atoms. The van der Waals surface area contributed by atoms with Crippen molar-refractivity contribution in [2.75, 3.05) is 14.2 Å². The lowest BCUT2D eigenvalue weighted by atomic mass is 9.95. The zero-order chi connectivity index (χ0) is 56.4. The van der Waals surface area contributed by atoms with E-state index >= 15 is 0 Å². The van der Waals surface area contributed by atoms with Crippen molar-refractivity contribution in [1.82, 2.24) is 48.3 Å². The number of thiophene rings is 2. The first-order chi connectivity index (χ1) is 36.4. The quantitative estimate of drug-likeness (QED) is 0.0821. The number of fused-ring (bicyclic) bond motifs is 2. The molecule has 6 aromatic heterocycles. The molecule has 21 nitrogen and oxygen atoms in total. The number of hydrogen-bond acceptors (Lipinski definition) is 17. The smallest absolute Gasteiger partial charge is 0.333 e. The summed E-state index contributed by atoms with van der Waals surface area (Å²) in [6.07, 6.45) is 4.85. The second kappa shape index (κ2) is 22.8. The van der Waals surface area contributed by atoms with Crippen molar-refractivity contribution >= 4 is 60.6 Å². The molecule has 408 valence electrons. The van der Waals surface area contributed by atoms with Crippen molar-refractivity contribution in [2.45, 2.75) is 124 Å². The monoisotopic (exact) mass is 1100 g/mol. The van der Waals surface area contributed by atoms with Gasteiger partial charge in [0.2, 0.25) is 0 Å². The molecule has 0 fully saturated rings. The van der Waals surface area contributed by atoms with Crippen molar-refractivity contribution in [1.29, 1.82) is 0 Å². The number of aryl methyl sites for hydroxylation is 2. The zero-order valence-corrected chi connectivity index (χ0v) is 45.9. The molecule has 1 N–H and O–H groups in total. The summed E-state index contributed by atoms with van der Waals surface area (Å²) in [6.45, 7) is 13.8. The van der Waals surface area contributed by atoms with E-state index in [1.54, 1.807) is 13.8 Å². The van der Waals surface area contributed by atoms with E-state index in [0.717, 1.165) is 43.9 Å². The summed E-state index contributed by atoms with van der Waals surface area (Å²) in [5.74, 6) is -1.92. The van der Waals surface area contributed by atoms with Crippen molar-refractivity contribution in [3.05, 3.63) is 137 Å². The molecular formula is C52H58F2N10O11S2. The van der Waals surface area contributed by atoms with Gasteiger partial charge in [0.25, 0.3) is 11.1 Å². The van der Waals surface area contributed by atoms with E-state index in [0.29, 0.717) is 34.0 Å². The number of carbonyl (C=O) groups is 3. The first kappa shape index (κ1) is 56.9. The van der Waals surface area contributed by atoms with Crippen LogP contribution >= 0.6 is 22.7 Å². The van der Waals surface area contributed by atoms with Gasteiger partial charge in [0, 0.05) is 42.0 Å². The summed E-state index contributed by atoms with van der Waals surface area (Å²) in [7, 11) is 2.78. The van der Waals surface area contributed by atoms with Crippen LogP contribution in [0.2, 0.25) is 0 Å². The van der Waals surface area contributed by atoms with Gasteiger partial charge < -0.3 is 19.3 Å². The van der Waals surface area contributed by atoms with Crippen molar-refractivity contribution < 1.29 is 42.5 Å². The molecule has 77 heavy (non-hydrogen) atoms. The molecule has 8 rings (SSSR count). The fourth-order valence-corrected chi connectivity index (χ4v) is 11.5. The van der Waals surface area contributed by atoms with Gasteiger partial charge >= 0.3 is 17.3 Å². The minimum atomic E-state index is -1.48. The number of Topliss-reactive ketones (excluding diaryl/α,β-unsaturated/α-hetero) is 2. The summed E-state index contributed by atoms with van der Waals surface area (Å²) in [5, 5.41) is 29.2. The molecular weight excluding hydrogens is 1040 g/mol. The van der Waals surface area contributed by atoms with Crippen LogP contribution in [0.5, 0.6) is 11.5 Å². The summed E-state index contributed by atoms with van der Waals surface area (Å²) in [4.78, 5) is 97.3. The molecule has 0 aliphatic heterocycles. The van der Waals surface area contributed by atoms with Gasteiger partial charge in [-0.1, -0.05) is 36.5 Å². The van der Waals surface area contributed by atoms with Crippen LogP contribution in [0.3, 0.4) is 0 Å². The van der Waals surface area contributed by atoms with Crippen LogP contribution in [0.25, 0.3) is 30.4 Å². The number of ether oxygens (including phenoxy) is 3. The average molecular weight is 1100 g/mol. The topological polar surface area (TPSA) is 249 Å². The molecule has 0 bridgehead atoms. The third-order valence-corrected chi connectivity index (χ3v) is 15.7. The number of nitrogens with zero attached hydrogens (tertiary/aromatic N) is 10. The summed E-state index contributed by atoms with van der Waals surface area (Å²) in [5.41, 5.74) is -4.34. The predicted molar refractivity (Wildman–Crippen MR) is 284 cm³/mol. The first-order valence-corrected chi connectivity index (χ1v) is 26.0. The highest BCUT2D eigenvalue weighted by molar-refractivity contribution is 7.21. The van der Waals surface area contributed by atoms with Crippen molar-refractivity contribution in [2.24, 2.45) is 0 Å². The highest BCUT2D eigenvalue weighted by Gasteiger charge is 2.37. The Hall–Kier alpha value is -7.77. The molecule has 0 amide bonds. The van der Waals surface area contributed by atoms with Gasteiger partial charge in [-0.05, 0) is 90.8 Å². The molecule has 0 aliphatic carbocycles. The Kier molecular flexibility index (Phi) is 16.9. The number of rotatable bonds is 19. The number of methoxy groups -OCH3 is 2. The van der Waals surface area contributed by atoms with Crippen molar-refractivity contribution in [3.8, 4) is 21.5 Å². The van der Waals surface area contributed by atoms with Crippen LogP contribution in [0, 0.1) is 25.5 Å². The lowest BCUT2D eigenvalue weighted by Gasteiger charge is -2.27. The predicted octanol–water partition coefficient (Wildman–Crippen LogP) is 6.77. The second-order valence-corrected chi connectivity index (χ2v) is 20.9.